The molecule has 0 aromatic rings. The van der Waals surface area contributed by atoms with E-state index in [2.05, 4.69) is 11.4 Å². The van der Waals surface area contributed by atoms with Crippen LogP contribution in [0.1, 0.15) is 96.8 Å². The maximum atomic E-state index is 11.3. The molecule has 154 valence electrons. The van der Waals surface area contributed by atoms with E-state index in [1.807, 2.05) is 0 Å². The van der Waals surface area contributed by atoms with E-state index in [1.54, 1.807) is 0 Å². The van der Waals surface area contributed by atoms with Gasteiger partial charge in [-0.2, -0.15) is 0 Å². The molecular weight excluding hydrogens is 341 g/mol. The van der Waals surface area contributed by atoms with E-state index in [-0.39, 0.29) is 26.0 Å². The van der Waals surface area contributed by atoms with Gasteiger partial charge in [0.15, 0.2) is 0 Å². The van der Waals surface area contributed by atoms with Crippen molar-refractivity contribution in [3.63, 3.8) is 0 Å². The van der Waals surface area contributed by atoms with E-state index in [9.17, 15) is 9.46 Å². The van der Waals surface area contributed by atoms with Gasteiger partial charge in [-0.05, 0) is 6.42 Å². The Morgan fingerprint density at radius 1 is 0.680 bits per heavy atom. The minimum absolute atomic E-state index is 0. The van der Waals surface area contributed by atoms with Gasteiger partial charge >= 0.3 is 7.82 Å². The van der Waals surface area contributed by atoms with Gasteiger partial charge in [0, 0.05) is 0 Å². The van der Waals surface area contributed by atoms with Gasteiger partial charge in [-0.15, -0.1) is 0 Å². The van der Waals surface area contributed by atoms with Crippen molar-refractivity contribution in [2.24, 2.45) is 0 Å². The second-order valence-electron chi connectivity index (χ2n) is 6.45. The molecule has 0 aromatic carbocycles. The molecule has 0 radical (unpaired) electrons. The number of aliphatic hydroxyl groups excluding tert-OH is 1. The summed E-state index contributed by atoms with van der Waals surface area (Å²) in [4.78, 5) is 9.25. The Morgan fingerprint density at radius 2 is 1.04 bits per heavy atom. The monoisotopic (exact) mass is 383 g/mol. The van der Waals surface area contributed by atoms with Gasteiger partial charge in [-0.3, -0.25) is 9.05 Å². The summed E-state index contributed by atoms with van der Waals surface area (Å²) in [7, 11) is -3.96. The highest BCUT2D eigenvalue weighted by Crippen LogP contribution is 2.42. The smallest absolute Gasteiger partial charge is 0.394 e. The van der Waals surface area contributed by atoms with Crippen molar-refractivity contribution in [2.75, 3.05) is 19.8 Å². The number of phosphoric acid groups is 1. The van der Waals surface area contributed by atoms with E-state index < -0.39 is 7.82 Å². The van der Waals surface area contributed by atoms with Gasteiger partial charge in [0.25, 0.3) is 0 Å². The first kappa shape index (κ1) is 27.3. The zero-order chi connectivity index (χ0) is 17.9. The summed E-state index contributed by atoms with van der Waals surface area (Å²) in [6.07, 6.45) is 17.8. The van der Waals surface area contributed by atoms with Crippen LogP contribution < -0.4 is 6.15 Å². The summed E-state index contributed by atoms with van der Waals surface area (Å²) in [5.41, 5.74) is 0. The van der Waals surface area contributed by atoms with Crippen LogP contribution in [0.4, 0.5) is 0 Å². The van der Waals surface area contributed by atoms with Crippen LogP contribution in [0.5, 0.6) is 0 Å². The topological polar surface area (TPSA) is 111 Å². The predicted molar refractivity (Wildman–Crippen MR) is 104 cm³/mol. The number of hydrogen-bond donors (Lipinski definition) is 3. The summed E-state index contributed by atoms with van der Waals surface area (Å²) in [5, 5.41) is 8.52. The van der Waals surface area contributed by atoms with Crippen molar-refractivity contribution >= 4 is 7.82 Å². The maximum absolute atomic E-state index is 11.3. The van der Waals surface area contributed by atoms with Crippen molar-refractivity contribution in [1.29, 1.82) is 0 Å². The van der Waals surface area contributed by atoms with Crippen LogP contribution in [0.15, 0.2) is 0 Å². The summed E-state index contributed by atoms with van der Waals surface area (Å²) in [6.45, 7) is 2.03. The number of aliphatic hydroxyl groups is 1. The zero-order valence-electron chi connectivity index (χ0n) is 16.3. The van der Waals surface area contributed by atoms with Gasteiger partial charge in [-0.25, -0.2) is 4.57 Å². The Labute approximate surface area is 154 Å². The molecule has 0 aliphatic carbocycles. The summed E-state index contributed by atoms with van der Waals surface area (Å²) in [6, 6.07) is 0. The molecule has 0 amide bonds. The summed E-state index contributed by atoms with van der Waals surface area (Å²) >= 11 is 0. The first-order valence-corrected chi connectivity index (χ1v) is 11.3. The number of phosphoric ester groups is 1. The van der Waals surface area contributed by atoms with Gasteiger partial charge < -0.3 is 16.2 Å². The average molecular weight is 384 g/mol. The fraction of sp³-hybridized carbons (Fsp3) is 1.00. The maximum Gasteiger partial charge on any atom is 0.472 e. The molecular formula is C18H42NO5P. The Hall–Kier alpha value is 0.0300. The van der Waals surface area contributed by atoms with Crippen molar-refractivity contribution in [1.82, 2.24) is 6.15 Å². The molecule has 0 heterocycles. The second kappa shape index (κ2) is 20.3. The molecule has 0 fully saturated rings. The van der Waals surface area contributed by atoms with Crippen molar-refractivity contribution in [3.8, 4) is 0 Å². The molecule has 5 N–H and O–H groups in total. The van der Waals surface area contributed by atoms with Gasteiger partial charge in [0.05, 0.1) is 19.8 Å². The average Bonchev–Trinajstić information content (AvgIpc) is 2.56. The molecule has 0 aromatic heterocycles. The molecule has 0 saturated heterocycles. The van der Waals surface area contributed by atoms with E-state index in [1.165, 1.54) is 70.6 Å². The molecule has 0 spiro atoms. The third-order valence-corrected chi connectivity index (χ3v) is 5.12. The Bertz CT molecular complexity index is 305. The Kier molecular flexibility index (Phi) is 22.2. The van der Waals surface area contributed by atoms with Crippen molar-refractivity contribution < 1.29 is 23.6 Å². The normalized spacial score (nSPS) is 13.4. The lowest BCUT2D eigenvalue weighted by molar-refractivity contribution is 0.122. The van der Waals surface area contributed by atoms with E-state index in [4.69, 9.17) is 9.63 Å². The van der Waals surface area contributed by atoms with E-state index >= 15 is 0 Å². The number of unbranched alkanes of at least 4 members (excludes halogenated alkanes) is 13. The van der Waals surface area contributed by atoms with Crippen LogP contribution in [0.2, 0.25) is 0 Å². The molecule has 0 aliphatic rings. The Morgan fingerprint density at radius 3 is 1.44 bits per heavy atom. The molecule has 1 atom stereocenters. The highest BCUT2D eigenvalue weighted by Gasteiger charge is 2.19. The third kappa shape index (κ3) is 22.0. The summed E-state index contributed by atoms with van der Waals surface area (Å²) < 4.78 is 20.7. The molecule has 25 heavy (non-hydrogen) atoms. The van der Waals surface area contributed by atoms with Crippen LogP contribution in [-0.2, 0) is 13.6 Å². The molecule has 0 bridgehead atoms. The van der Waals surface area contributed by atoms with Crippen LogP contribution in [-0.4, -0.2) is 29.8 Å². The zero-order valence-corrected chi connectivity index (χ0v) is 17.2. The third-order valence-electron chi connectivity index (χ3n) is 4.10. The largest absolute Gasteiger partial charge is 0.472 e. The predicted octanol–water partition coefficient (Wildman–Crippen LogP) is 5.76. The first-order chi connectivity index (χ1) is 11.6. The highest BCUT2D eigenvalue weighted by atomic mass is 31.2. The van der Waals surface area contributed by atoms with E-state index in [0.29, 0.717) is 0 Å². The van der Waals surface area contributed by atoms with Crippen LogP contribution >= 0.6 is 7.82 Å². The fourth-order valence-electron chi connectivity index (χ4n) is 2.67. The van der Waals surface area contributed by atoms with Crippen LogP contribution in [0.3, 0.4) is 0 Å². The quantitative estimate of drug-likeness (QED) is 0.193. The van der Waals surface area contributed by atoms with Crippen molar-refractivity contribution in [3.05, 3.63) is 0 Å². The van der Waals surface area contributed by atoms with Gasteiger partial charge in [0.2, 0.25) is 0 Å². The standard InChI is InChI=1S/C18H39O5P.H3N/c1-2-3-4-5-6-7-8-9-10-11-12-13-14-15-17-22-24(20,21)23-18-16-19;/h19H,2-18H2,1H3,(H,20,21);1H3. The van der Waals surface area contributed by atoms with Crippen molar-refractivity contribution in [2.45, 2.75) is 96.8 Å². The van der Waals surface area contributed by atoms with E-state index in [0.717, 1.165) is 19.3 Å². The molecule has 1 unspecified atom stereocenters. The lowest BCUT2D eigenvalue weighted by atomic mass is 10.0. The summed E-state index contributed by atoms with van der Waals surface area (Å²) in [5.74, 6) is 0. The highest BCUT2D eigenvalue weighted by molar-refractivity contribution is 7.47. The second-order valence-corrected chi connectivity index (χ2v) is 7.91. The van der Waals surface area contributed by atoms with Crippen LogP contribution in [0, 0.1) is 0 Å². The first-order valence-electron chi connectivity index (χ1n) is 9.85. The SMILES string of the molecule is CCCCCCCCCCCCCCCCOP(=O)(O)OCCO.N. The molecule has 0 rings (SSSR count). The van der Waals surface area contributed by atoms with Gasteiger partial charge in [0.1, 0.15) is 0 Å². The lowest BCUT2D eigenvalue weighted by Gasteiger charge is -2.11. The van der Waals surface area contributed by atoms with Crippen LogP contribution in [0.25, 0.3) is 0 Å². The Balaban J connectivity index is 0. The molecule has 0 aliphatic heterocycles. The minimum atomic E-state index is -3.96. The minimum Gasteiger partial charge on any atom is -0.394 e. The van der Waals surface area contributed by atoms with Gasteiger partial charge in [-0.1, -0.05) is 90.4 Å². The molecule has 6 nitrogen and oxygen atoms in total. The molecule has 0 saturated carbocycles. The fourth-order valence-corrected chi connectivity index (χ4v) is 3.42. The lowest BCUT2D eigenvalue weighted by Crippen LogP contribution is -2.01. The molecule has 7 heteroatoms. The number of hydrogen-bond acceptors (Lipinski definition) is 5. The number of rotatable bonds is 19.